The predicted octanol–water partition coefficient (Wildman–Crippen LogP) is 2.54. The van der Waals surface area contributed by atoms with Crippen LogP contribution < -0.4 is 16.8 Å². The summed E-state index contributed by atoms with van der Waals surface area (Å²) in [5, 5.41) is 14.0. The normalized spacial score (nSPS) is 16.1. The molecule has 134 valence electrons. The number of halogens is 1. The lowest BCUT2D eigenvalue weighted by atomic mass is 9.83. The van der Waals surface area contributed by atoms with E-state index in [1.807, 2.05) is 0 Å². The Morgan fingerprint density at radius 1 is 1.38 bits per heavy atom. The van der Waals surface area contributed by atoms with Crippen LogP contribution in [0.5, 0.6) is 0 Å². The van der Waals surface area contributed by atoms with Gasteiger partial charge in [0.1, 0.15) is 5.69 Å². The average Bonchev–Trinajstić information content (AvgIpc) is 2.54. The van der Waals surface area contributed by atoms with E-state index in [1.54, 1.807) is 13.0 Å². The maximum Gasteiger partial charge on any atom is 0.293 e. The van der Waals surface area contributed by atoms with E-state index in [-0.39, 0.29) is 35.4 Å². The van der Waals surface area contributed by atoms with Crippen LogP contribution in [0, 0.1) is 23.0 Å². The van der Waals surface area contributed by atoms with Crippen molar-refractivity contribution in [2.45, 2.75) is 45.1 Å². The zero-order chi connectivity index (χ0) is 17.0. The van der Waals surface area contributed by atoms with Crippen LogP contribution in [-0.2, 0) is 0 Å². The number of nitrogens with zero attached hydrogens (tertiary/aromatic N) is 1. The second-order valence-corrected chi connectivity index (χ2v) is 6.22. The quantitative estimate of drug-likeness (QED) is 0.424. The number of nitro groups is 1. The molecule has 1 aromatic rings. The van der Waals surface area contributed by atoms with Gasteiger partial charge in [-0.15, -0.1) is 12.4 Å². The zero-order valence-electron chi connectivity index (χ0n) is 13.8. The van der Waals surface area contributed by atoms with E-state index in [1.165, 1.54) is 12.5 Å². The lowest BCUT2D eigenvalue weighted by Crippen LogP contribution is -2.46. The number of rotatable bonds is 5. The molecule has 1 aliphatic rings. The van der Waals surface area contributed by atoms with Crippen molar-refractivity contribution < 1.29 is 9.72 Å². The van der Waals surface area contributed by atoms with Crippen LogP contribution >= 0.6 is 12.4 Å². The molecule has 0 heterocycles. The van der Waals surface area contributed by atoms with E-state index in [0.29, 0.717) is 18.0 Å². The Morgan fingerprint density at radius 2 is 2.00 bits per heavy atom. The summed E-state index contributed by atoms with van der Waals surface area (Å²) in [4.78, 5) is 23.0. The Bertz CT molecular complexity index is 603. The minimum atomic E-state index is -0.569. The maximum atomic E-state index is 12.5. The van der Waals surface area contributed by atoms with Gasteiger partial charge in [0.15, 0.2) is 0 Å². The Morgan fingerprint density at radius 3 is 2.54 bits per heavy atom. The zero-order valence-corrected chi connectivity index (χ0v) is 14.6. The van der Waals surface area contributed by atoms with Crippen molar-refractivity contribution in [2.75, 3.05) is 12.3 Å². The molecule has 7 nitrogen and oxygen atoms in total. The highest BCUT2D eigenvalue weighted by Gasteiger charge is 2.26. The van der Waals surface area contributed by atoms with Gasteiger partial charge in [0.25, 0.3) is 11.6 Å². The lowest BCUT2D eigenvalue weighted by Gasteiger charge is -2.30. The molecule has 0 bridgehead atoms. The van der Waals surface area contributed by atoms with Crippen molar-refractivity contribution in [3.05, 3.63) is 33.4 Å². The van der Waals surface area contributed by atoms with Gasteiger partial charge in [0, 0.05) is 18.7 Å². The summed E-state index contributed by atoms with van der Waals surface area (Å²) in [5.74, 6) is -0.0333. The van der Waals surface area contributed by atoms with E-state index in [9.17, 15) is 14.9 Å². The van der Waals surface area contributed by atoms with E-state index in [0.717, 1.165) is 25.7 Å². The molecular formula is C16H25ClN4O3. The monoisotopic (exact) mass is 356 g/mol. The SMILES string of the molecule is Cc1cc(C(=O)NC(CN)C2CCCCC2)c(N)c([N+](=O)[O-])c1.Cl. The molecule has 0 aliphatic heterocycles. The fourth-order valence-electron chi connectivity index (χ4n) is 3.27. The minimum absolute atomic E-state index is 0. The molecule has 8 heteroatoms. The van der Waals surface area contributed by atoms with Crippen LogP contribution in [0.4, 0.5) is 11.4 Å². The predicted molar refractivity (Wildman–Crippen MR) is 96.4 cm³/mol. The highest BCUT2D eigenvalue weighted by Crippen LogP contribution is 2.29. The highest BCUT2D eigenvalue weighted by atomic mass is 35.5. The standard InChI is InChI=1S/C16H24N4O3.ClH/c1-10-7-12(15(18)14(8-10)20(22)23)16(21)19-13(9-17)11-5-3-2-4-6-11;/h7-8,11,13H,2-6,9,17-18H2,1H3,(H,19,21);1H. The second kappa shape index (κ2) is 8.84. The van der Waals surface area contributed by atoms with Gasteiger partial charge in [0.05, 0.1) is 10.5 Å². The minimum Gasteiger partial charge on any atom is -0.393 e. The number of carbonyl (C=O) groups excluding carboxylic acids is 1. The first kappa shape index (κ1) is 20.2. The van der Waals surface area contributed by atoms with Gasteiger partial charge < -0.3 is 16.8 Å². The first-order valence-corrected chi connectivity index (χ1v) is 7.99. The van der Waals surface area contributed by atoms with Gasteiger partial charge in [0.2, 0.25) is 0 Å². The molecule has 0 aromatic heterocycles. The first-order valence-electron chi connectivity index (χ1n) is 7.99. The van der Waals surface area contributed by atoms with Crippen molar-refractivity contribution >= 4 is 29.7 Å². The molecule has 0 saturated heterocycles. The molecule has 24 heavy (non-hydrogen) atoms. The summed E-state index contributed by atoms with van der Waals surface area (Å²) in [7, 11) is 0. The Balaban J connectivity index is 0.00000288. The number of hydrogen-bond acceptors (Lipinski definition) is 5. The number of carbonyl (C=O) groups is 1. The van der Waals surface area contributed by atoms with Gasteiger partial charge in [-0.25, -0.2) is 0 Å². The van der Waals surface area contributed by atoms with Crippen molar-refractivity contribution in [3.63, 3.8) is 0 Å². The van der Waals surface area contributed by atoms with E-state index in [4.69, 9.17) is 11.5 Å². The van der Waals surface area contributed by atoms with Crippen molar-refractivity contribution in [1.29, 1.82) is 0 Å². The van der Waals surface area contributed by atoms with Crippen LogP contribution in [0.15, 0.2) is 12.1 Å². The summed E-state index contributed by atoms with van der Waals surface area (Å²) in [6.45, 7) is 2.05. The van der Waals surface area contributed by atoms with E-state index < -0.39 is 10.8 Å². The van der Waals surface area contributed by atoms with Crippen LogP contribution in [0.3, 0.4) is 0 Å². The Labute approximate surface area is 147 Å². The third-order valence-corrected chi connectivity index (χ3v) is 4.53. The fraction of sp³-hybridized carbons (Fsp3) is 0.562. The molecule has 0 radical (unpaired) electrons. The molecule has 1 amide bonds. The molecule has 2 rings (SSSR count). The Kier molecular flexibility index (Phi) is 7.44. The molecule has 0 spiro atoms. The molecule has 5 N–H and O–H groups in total. The highest BCUT2D eigenvalue weighted by molar-refractivity contribution is 6.01. The maximum absolute atomic E-state index is 12.5. The number of nitrogens with one attached hydrogen (secondary N) is 1. The molecule has 1 fully saturated rings. The molecular weight excluding hydrogens is 332 g/mol. The summed E-state index contributed by atoms with van der Waals surface area (Å²) in [6, 6.07) is 2.82. The number of nitrogens with two attached hydrogens (primary N) is 2. The number of nitro benzene ring substituents is 1. The third-order valence-electron chi connectivity index (χ3n) is 4.53. The van der Waals surface area contributed by atoms with Gasteiger partial charge in [-0.1, -0.05) is 19.3 Å². The summed E-state index contributed by atoms with van der Waals surface area (Å²) in [6.07, 6.45) is 5.61. The second-order valence-electron chi connectivity index (χ2n) is 6.22. The average molecular weight is 357 g/mol. The van der Waals surface area contributed by atoms with Crippen LogP contribution in [0.2, 0.25) is 0 Å². The number of hydrogen-bond donors (Lipinski definition) is 3. The third kappa shape index (κ3) is 4.58. The molecule has 1 aliphatic carbocycles. The van der Waals surface area contributed by atoms with Crippen molar-refractivity contribution in [3.8, 4) is 0 Å². The molecule has 1 aromatic carbocycles. The van der Waals surface area contributed by atoms with E-state index in [2.05, 4.69) is 5.32 Å². The number of benzene rings is 1. The van der Waals surface area contributed by atoms with Crippen LogP contribution in [-0.4, -0.2) is 23.4 Å². The summed E-state index contributed by atoms with van der Waals surface area (Å²) < 4.78 is 0. The van der Waals surface area contributed by atoms with E-state index >= 15 is 0 Å². The first-order chi connectivity index (χ1) is 10.9. The van der Waals surface area contributed by atoms with Gasteiger partial charge in [-0.3, -0.25) is 14.9 Å². The smallest absolute Gasteiger partial charge is 0.293 e. The van der Waals surface area contributed by atoms with Crippen LogP contribution in [0.1, 0.15) is 48.0 Å². The topological polar surface area (TPSA) is 124 Å². The van der Waals surface area contributed by atoms with Gasteiger partial charge in [-0.2, -0.15) is 0 Å². The lowest BCUT2D eigenvalue weighted by molar-refractivity contribution is -0.384. The molecule has 1 saturated carbocycles. The number of aryl methyl sites for hydroxylation is 1. The molecule has 1 unspecified atom stereocenters. The molecule has 1 atom stereocenters. The van der Waals surface area contributed by atoms with Crippen molar-refractivity contribution in [1.82, 2.24) is 5.32 Å². The van der Waals surface area contributed by atoms with Gasteiger partial charge in [-0.05, 0) is 37.3 Å². The number of nitrogen functional groups attached to an aromatic ring is 1. The van der Waals surface area contributed by atoms with Crippen LogP contribution in [0.25, 0.3) is 0 Å². The van der Waals surface area contributed by atoms with Gasteiger partial charge >= 0.3 is 0 Å². The fourth-order valence-corrected chi connectivity index (χ4v) is 3.27. The summed E-state index contributed by atoms with van der Waals surface area (Å²) in [5.41, 5.74) is 12.1. The number of anilines is 1. The van der Waals surface area contributed by atoms with Crippen molar-refractivity contribution in [2.24, 2.45) is 11.7 Å². The number of amides is 1. The summed E-state index contributed by atoms with van der Waals surface area (Å²) >= 11 is 0. The Hall–Kier alpha value is -1.86. The largest absolute Gasteiger partial charge is 0.393 e.